The van der Waals surface area contributed by atoms with Crippen molar-refractivity contribution >= 4 is 41.4 Å². The smallest absolute Gasteiger partial charge is 0.326 e. The molecule has 0 bridgehead atoms. The molecule has 1 rings (SSSR count). The quantitative estimate of drug-likeness (QED) is 0.0916. The van der Waals surface area contributed by atoms with Gasteiger partial charge in [-0.15, -0.1) is 0 Å². The molecule has 1 saturated heterocycles. The first-order valence-corrected chi connectivity index (χ1v) is 13.4. The van der Waals surface area contributed by atoms with Gasteiger partial charge in [0.15, 0.2) is 5.96 Å². The molecule has 1 aliphatic rings. The molecule has 0 radical (unpaired) electrons. The number of aliphatic imine (C=N–C) groups is 1. The number of rotatable bonds is 15. The van der Waals surface area contributed by atoms with Gasteiger partial charge in [-0.3, -0.25) is 19.4 Å². The molecule has 0 aliphatic carbocycles. The summed E-state index contributed by atoms with van der Waals surface area (Å²) in [6.07, 6.45) is 4.63. The number of nitrogens with zero attached hydrogens (tertiary/aromatic N) is 2. The Balaban J connectivity index is 2.98. The van der Waals surface area contributed by atoms with E-state index in [2.05, 4.69) is 15.6 Å². The summed E-state index contributed by atoms with van der Waals surface area (Å²) >= 11 is 1.57. The predicted molar refractivity (Wildman–Crippen MR) is 137 cm³/mol. The van der Waals surface area contributed by atoms with Crippen LogP contribution in [0.4, 0.5) is 0 Å². The number of nitrogens with two attached hydrogens (primary N) is 3. The number of carboxylic acids is 1. The number of carbonyl (C=O) groups is 4. The summed E-state index contributed by atoms with van der Waals surface area (Å²) in [7, 11) is 0. The molecule has 1 aliphatic heterocycles. The Morgan fingerprint density at radius 3 is 2.46 bits per heavy atom. The van der Waals surface area contributed by atoms with Crippen LogP contribution in [0.3, 0.4) is 0 Å². The Labute approximate surface area is 211 Å². The second kappa shape index (κ2) is 15.5. The van der Waals surface area contributed by atoms with Crippen molar-refractivity contribution in [3.05, 3.63) is 0 Å². The van der Waals surface area contributed by atoms with E-state index in [9.17, 15) is 24.3 Å². The summed E-state index contributed by atoms with van der Waals surface area (Å²) in [4.78, 5) is 56.0. The zero-order valence-corrected chi connectivity index (χ0v) is 21.7. The summed E-state index contributed by atoms with van der Waals surface area (Å²) < 4.78 is 0. The number of amides is 3. The molecule has 5 atom stereocenters. The van der Waals surface area contributed by atoms with Crippen LogP contribution in [0.25, 0.3) is 0 Å². The Kier molecular flexibility index (Phi) is 13.5. The molecule has 1 fully saturated rings. The zero-order valence-electron chi connectivity index (χ0n) is 20.9. The number of hydrogen-bond acceptors (Lipinski definition) is 7. The van der Waals surface area contributed by atoms with Gasteiger partial charge < -0.3 is 37.8 Å². The molecule has 0 aromatic heterocycles. The fraction of sp³-hybridized carbons (Fsp3) is 0.773. The molecule has 0 aromatic rings. The molecule has 3 amide bonds. The van der Waals surface area contributed by atoms with E-state index in [0.717, 1.165) is 0 Å². The average molecular weight is 516 g/mol. The van der Waals surface area contributed by atoms with Crippen LogP contribution in [0.5, 0.6) is 0 Å². The second-order valence-corrected chi connectivity index (χ2v) is 9.78. The van der Waals surface area contributed by atoms with E-state index in [1.807, 2.05) is 13.2 Å². The third-order valence-electron chi connectivity index (χ3n) is 6.14. The Morgan fingerprint density at radius 2 is 1.89 bits per heavy atom. The lowest BCUT2D eigenvalue weighted by Crippen LogP contribution is -2.57. The van der Waals surface area contributed by atoms with Crippen molar-refractivity contribution < 1.29 is 24.3 Å². The SMILES string of the molecule is CCC(C)C(NC(=O)C1CCCN1C(=O)C(CCCN=C(N)N)NC(=O)C(N)CCSC)C(=O)O. The molecule has 5 unspecified atom stereocenters. The van der Waals surface area contributed by atoms with E-state index < -0.39 is 47.9 Å². The fourth-order valence-electron chi connectivity index (χ4n) is 3.85. The van der Waals surface area contributed by atoms with Crippen molar-refractivity contribution in [3.8, 4) is 0 Å². The maximum absolute atomic E-state index is 13.5. The molecule has 35 heavy (non-hydrogen) atoms. The van der Waals surface area contributed by atoms with Crippen LogP contribution in [0, 0.1) is 5.92 Å². The van der Waals surface area contributed by atoms with E-state index in [1.54, 1.807) is 18.7 Å². The van der Waals surface area contributed by atoms with E-state index in [4.69, 9.17) is 17.2 Å². The zero-order chi connectivity index (χ0) is 26.5. The summed E-state index contributed by atoms with van der Waals surface area (Å²) in [5.74, 6) is -2.12. The molecular weight excluding hydrogens is 474 g/mol. The standard InChI is InChI=1S/C22H41N7O5S/c1-4-13(2)17(21(33)34)28-19(31)16-8-6-11-29(16)20(32)15(7-5-10-26-22(24)25)27-18(30)14(23)9-12-35-3/h13-17H,4-12,23H2,1-3H3,(H,27,30)(H,28,31)(H,33,34)(H4,24,25,26). The van der Waals surface area contributed by atoms with Crippen molar-refractivity contribution in [3.63, 3.8) is 0 Å². The minimum absolute atomic E-state index is 0.0680. The first-order valence-electron chi connectivity index (χ1n) is 12.0. The summed E-state index contributed by atoms with van der Waals surface area (Å²) in [6.45, 7) is 4.20. The lowest BCUT2D eigenvalue weighted by molar-refractivity contribution is -0.146. The van der Waals surface area contributed by atoms with Crippen LogP contribution in [0.15, 0.2) is 4.99 Å². The van der Waals surface area contributed by atoms with Gasteiger partial charge >= 0.3 is 5.97 Å². The number of likely N-dealkylation sites (tertiary alicyclic amines) is 1. The van der Waals surface area contributed by atoms with Crippen LogP contribution < -0.4 is 27.8 Å². The van der Waals surface area contributed by atoms with Gasteiger partial charge in [0.05, 0.1) is 6.04 Å². The Hall–Kier alpha value is -2.54. The minimum Gasteiger partial charge on any atom is -0.480 e. The fourth-order valence-corrected chi connectivity index (χ4v) is 4.34. The number of hydrogen-bond donors (Lipinski definition) is 6. The summed E-state index contributed by atoms with van der Waals surface area (Å²) in [5.41, 5.74) is 16.7. The highest BCUT2D eigenvalue weighted by Gasteiger charge is 2.39. The number of carbonyl (C=O) groups excluding carboxylic acids is 3. The molecule has 200 valence electrons. The van der Waals surface area contributed by atoms with E-state index in [1.165, 1.54) is 4.90 Å². The third-order valence-corrected chi connectivity index (χ3v) is 6.79. The Bertz CT molecular complexity index is 762. The van der Waals surface area contributed by atoms with E-state index >= 15 is 0 Å². The van der Waals surface area contributed by atoms with Gasteiger partial charge in [0.25, 0.3) is 0 Å². The highest BCUT2D eigenvalue weighted by molar-refractivity contribution is 7.98. The number of aliphatic carboxylic acids is 1. The topological polar surface area (TPSA) is 206 Å². The van der Waals surface area contributed by atoms with Gasteiger partial charge in [0, 0.05) is 13.1 Å². The van der Waals surface area contributed by atoms with Crippen LogP contribution in [0.2, 0.25) is 0 Å². The van der Waals surface area contributed by atoms with Gasteiger partial charge in [0.1, 0.15) is 18.1 Å². The number of thioether (sulfide) groups is 1. The average Bonchev–Trinajstić information content (AvgIpc) is 3.31. The molecule has 1 heterocycles. The first kappa shape index (κ1) is 30.5. The normalized spacial score (nSPS) is 18.7. The van der Waals surface area contributed by atoms with E-state index in [-0.39, 0.29) is 24.8 Å². The number of guanidine groups is 1. The maximum Gasteiger partial charge on any atom is 0.326 e. The highest BCUT2D eigenvalue weighted by Crippen LogP contribution is 2.21. The number of nitrogens with one attached hydrogen (secondary N) is 2. The maximum atomic E-state index is 13.5. The third kappa shape index (κ3) is 9.92. The Morgan fingerprint density at radius 1 is 1.20 bits per heavy atom. The first-order chi connectivity index (χ1) is 16.5. The lowest BCUT2D eigenvalue weighted by Gasteiger charge is -2.30. The molecule has 0 spiro atoms. The summed E-state index contributed by atoms with van der Waals surface area (Å²) in [5, 5.41) is 14.8. The van der Waals surface area contributed by atoms with Crippen LogP contribution in [-0.4, -0.2) is 88.9 Å². The molecule has 0 aromatic carbocycles. The van der Waals surface area contributed by atoms with Gasteiger partial charge in [-0.2, -0.15) is 11.8 Å². The van der Waals surface area contributed by atoms with Gasteiger partial charge in [0.2, 0.25) is 17.7 Å². The number of carboxylic acid groups (broad SMARTS) is 1. The lowest BCUT2D eigenvalue weighted by atomic mass is 9.98. The second-order valence-electron chi connectivity index (χ2n) is 8.80. The van der Waals surface area contributed by atoms with Gasteiger partial charge in [-0.1, -0.05) is 20.3 Å². The van der Waals surface area contributed by atoms with Crippen molar-refractivity contribution in [2.75, 3.05) is 25.1 Å². The van der Waals surface area contributed by atoms with Crippen LogP contribution >= 0.6 is 11.8 Å². The highest BCUT2D eigenvalue weighted by atomic mass is 32.2. The molecule has 9 N–H and O–H groups in total. The van der Waals surface area contributed by atoms with Crippen LogP contribution in [0.1, 0.15) is 52.4 Å². The van der Waals surface area contributed by atoms with Gasteiger partial charge in [-0.25, -0.2) is 4.79 Å². The van der Waals surface area contributed by atoms with E-state index in [0.29, 0.717) is 44.4 Å². The van der Waals surface area contributed by atoms with Crippen molar-refractivity contribution in [2.24, 2.45) is 28.1 Å². The predicted octanol–water partition coefficient (Wildman–Crippen LogP) is -0.788. The molecule has 12 nitrogen and oxygen atoms in total. The molecular formula is C22H41N7O5S. The molecule has 0 saturated carbocycles. The van der Waals surface area contributed by atoms with Crippen LogP contribution in [-0.2, 0) is 19.2 Å². The summed E-state index contributed by atoms with van der Waals surface area (Å²) in [6, 6.07) is -3.53. The van der Waals surface area contributed by atoms with Crippen molar-refractivity contribution in [2.45, 2.75) is 76.5 Å². The van der Waals surface area contributed by atoms with Gasteiger partial charge in [-0.05, 0) is 50.0 Å². The largest absolute Gasteiger partial charge is 0.480 e. The van der Waals surface area contributed by atoms with Crippen molar-refractivity contribution in [1.29, 1.82) is 0 Å². The molecule has 13 heteroatoms. The van der Waals surface area contributed by atoms with Crippen molar-refractivity contribution in [1.82, 2.24) is 15.5 Å². The minimum atomic E-state index is -1.12. The monoisotopic (exact) mass is 515 g/mol.